The predicted octanol–water partition coefficient (Wildman–Crippen LogP) is -0.171. The Kier molecular flexibility index (Phi) is 3.96. The first-order valence-corrected chi connectivity index (χ1v) is 6.40. The third-order valence-corrected chi connectivity index (χ3v) is 3.97. The maximum Gasteiger partial charge on any atom is 0.323 e. The van der Waals surface area contributed by atoms with Gasteiger partial charge in [-0.2, -0.15) is 0 Å². The van der Waals surface area contributed by atoms with Crippen molar-refractivity contribution in [2.45, 2.75) is 18.9 Å². The molecule has 0 bridgehead atoms. The number of urea groups is 1. The number of amides is 2. The van der Waals surface area contributed by atoms with E-state index < -0.39 is 12.5 Å². The molecule has 6 nitrogen and oxygen atoms in total. The summed E-state index contributed by atoms with van der Waals surface area (Å²) in [6.07, 6.45) is 6.53. The molecule has 1 aliphatic carbocycles. The minimum atomic E-state index is -1.08. The number of carbonyl (C=O) groups is 2. The molecular weight excluding hydrogens is 248 g/mol. The number of carboxylic acid groups (broad SMARTS) is 1. The first-order chi connectivity index (χ1) is 9.02. The number of carbonyl (C=O) groups excluding carboxylic acids is 1. The van der Waals surface area contributed by atoms with Crippen LogP contribution in [0.3, 0.4) is 0 Å². The molecule has 3 unspecified atom stereocenters. The Morgan fingerprint density at radius 3 is 2.68 bits per heavy atom. The highest BCUT2D eigenvalue weighted by Crippen LogP contribution is 2.38. The van der Waals surface area contributed by atoms with Crippen LogP contribution in [0.25, 0.3) is 0 Å². The SMILES string of the molecule is C#CCN(CC(=O)O)C(=O)N1CC2CCC(O)C2C1. The summed E-state index contributed by atoms with van der Waals surface area (Å²) in [7, 11) is 0. The van der Waals surface area contributed by atoms with E-state index in [2.05, 4.69) is 5.92 Å². The van der Waals surface area contributed by atoms with Crippen LogP contribution in [0.2, 0.25) is 0 Å². The number of terminal acetylenes is 1. The van der Waals surface area contributed by atoms with Gasteiger partial charge in [-0.1, -0.05) is 5.92 Å². The van der Waals surface area contributed by atoms with E-state index in [0.717, 1.165) is 17.7 Å². The van der Waals surface area contributed by atoms with Gasteiger partial charge in [-0.3, -0.25) is 4.79 Å². The highest BCUT2D eigenvalue weighted by Gasteiger charge is 2.44. The van der Waals surface area contributed by atoms with Crippen molar-refractivity contribution in [2.24, 2.45) is 11.8 Å². The molecule has 1 saturated heterocycles. The van der Waals surface area contributed by atoms with Crippen molar-refractivity contribution in [1.29, 1.82) is 0 Å². The van der Waals surface area contributed by atoms with Gasteiger partial charge in [-0.05, 0) is 18.8 Å². The van der Waals surface area contributed by atoms with Gasteiger partial charge >= 0.3 is 12.0 Å². The van der Waals surface area contributed by atoms with E-state index in [1.165, 1.54) is 0 Å². The average molecular weight is 266 g/mol. The van der Waals surface area contributed by atoms with Gasteiger partial charge in [0.05, 0.1) is 12.6 Å². The van der Waals surface area contributed by atoms with Crippen molar-refractivity contribution >= 4 is 12.0 Å². The molecule has 2 aliphatic rings. The van der Waals surface area contributed by atoms with Gasteiger partial charge in [0.15, 0.2) is 0 Å². The maximum absolute atomic E-state index is 12.2. The Hall–Kier alpha value is -1.74. The Morgan fingerprint density at radius 1 is 1.37 bits per heavy atom. The van der Waals surface area contributed by atoms with Gasteiger partial charge in [0.2, 0.25) is 0 Å². The van der Waals surface area contributed by atoms with Gasteiger partial charge in [-0.25, -0.2) is 4.79 Å². The van der Waals surface area contributed by atoms with Gasteiger partial charge in [0.25, 0.3) is 0 Å². The first-order valence-electron chi connectivity index (χ1n) is 6.40. The fourth-order valence-corrected chi connectivity index (χ4v) is 3.06. The number of carboxylic acids is 1. The lowest BCUT2D eigenvalue weighted by Gasteiger charge is -2.26. The molecule has 0 aromatic rings. The summed E-state index contributed by atoms with van der Waals surface area (Å²) in [5, 5.41) is 18.6. The fraction of sp³-hybridized carbons (Fsp3) is 0.692. The fourth-order valence-electron chi connectivity index (χ4n) is 3.06. The lowest BCUT2D eigenvalue weighted by molar-refractivity contribution is -0.137. The van der Waals surface area contributed by atoms with Crippen LogP contribution in [0.1, 0.15) is 12.8 Å². The third-order valence-electron chi connectivity index (χ3n) is 3.97. The van der Waals surface area contributed by atoms with E-state index in [4.69, 9.17) is 11.5 Å². The van der Waals surface area contributed by atoms with E-state index in [-0.39, 0.29) is 24.6 Å². The minimum Gasteiger partial charge on any atom is -0.480 e. The van der Waals surface area contributed by atoms with Crippen LogP contribution in [0.15, 0.2) is 0 Å². The number of aliphatic carboxylic acids is 1. The zero-order valence-electron chi connectivity index (χ0n) is 10.7. The predicted molar refractivity (Wildman–Crippen MR) is 67.2 cm³/mol. The standard InChI is InChI=1S/C13H18N2O4/c1-2-5-14(8-12(17)18)13(19)15-6-9-3-4-11(16)10(9)7-15/h1,9-11,16H,3-8H2,(H,17,18). The van der Waals surface area contributed by atoms with E-state index in [9.17, 15) is 14.7 Å². The number of hydrogen-bond donors (Lipinski definition) is 2. The summed E-state index contributed by atoms with van der Waals surface area (Å²) in [6, 6.07) is -0.345. The summed E-state index contributed by atoms with van der Waals surface area (Å²) >= 11 is 0. The average Bonchev–Trinajstić information content (AvgIpc) is 2.90. The molecule has 2 fully saturated rings. The second-order valence-electron chi connectivity index (χ2n) is 5.21. The highest BCUT2D eigenvalue weighted by atomic mass is 16.4. The summed E-state index contributed by atoms with van der Waals surface area (Å²) in [5.74, 6) is 1.68. The Bertz CT molecular complexity index is 417. The van der Waals surface area contributed by atoms with Crippen LogP contribution in [0, 0.1) is 24.2 Å². The van der Waals surface area contributed by atoms with Crippen molar-refractivity contribution in [1.82, 2.24) is 9.80 Å². The van der Waals surface area contributed by atoms with Gasteiger partial charge in [0.1, 0.15) is 6.54 Å². The molecule has 0 aromatic heterocycles. The smallest absolute Gasteiger partial charge is 0.323 e. The molecule has 2 rings (SSSR count). The topological polar surface area (TPSA) is 81.1 Å². The minimum absolute atomic E-state index is 0.0144. The summed E-state index contributed by atoms with van der Waals surface area (Å²) in [4.78, 5) is 25.7. The molecule has 19 heavy (non-hydrogen) atoms. The Morgan fingerprint density at radius 2 is 2.11 bits per heavy atom. The van der Waals surface area contributed by atoms with Crippen LogP contribution < -0.4 is 0 Å². The second-order valence-corrected chi connectivity index (χ2v) is 5.21. The zero-order chi connectivity index (χ0) is 14.0. The highest BCUT2D eigenvalue weighted by molar-refractivity contribution is 5.80. The van der Waals surface area contributed by atoms with E-state index >= 15 is 0 Å². The van der Waals surface area contributed by atoms with Gasteiger partial charge < -0.3 is 20.0 Å². The maximum atomic E-state index is 12.2. The number of rotatable bonds is 3. The Balaban J connectivity index is 1.99. The number of hydrogen-bond acceptors (Lipinski definition) is 3. The van der Waals surface area contributed by atoms with Gasteiger partial charge in [0, 0.05) is 19.0 Å². The molecular formula is C13H18N2O4. The van der Waals surface area contributed by atoms with E-state index in [1.54, 1.807) is 4.90 Å². The van der Waals surface area contributed by atoms with Crippen LogP contribution in [-0.2, 0) is 4.79 Å². The van der Waals surface area contributed by atoms with Crippen molar-refractivity contribution in [3.8, 4) is 12.3 Å². The molecule has 2 amide bonds. The summed E-state index contributed by atoms with van der Waals surface area (Å²) < 4.78 is 0. The molecule has 3 atom stereocenters. The monoisotopic (exact) mass is 266 g/mol. The number of nitrogens with zero attached hydrogens (tertiary/aromatic N) is 2. The van der Waals surface area contributed by atoms with Crippen molar-refractivity contribution in [3.63, 3.8) is 0 Å². The number of aliphatic hydroxyl groups is 1. The largest absolute Gasteiger partial charge is 0.480 e. The number of likely N-dealkylation sites (tertiary alicyclic amines) is 1. The van der Waals surface area contributed by atoms with Crippen LogP contribution >= 0.6 is 0 Å². The Labute approximate surface area is 112 Å². The molecule has 0 spiro atoms. The number of aliphatic hydroxyl groups excluding tert-OH is 1. The molecule has 1 heterocycles. The van der Waals surface area contributed by atoms with E-state index in [1.807, 2.05) is 0 Å². The summed E-state index contributed by atoms with van der Waals surface area (Å²) in [5.41, 5.74) is 0. The van der Waals surface area contributed by atoms with Crippen LogP contribution in [0.4, 0.5) is 4.79 Å². The molecule has 0 aromatic carbocycles. The van der Waals surface area contributed by atoms with Gasteiger partial charge in [-0.15, -0.1) is 6.42 Å². The van der Waals surface area contributed by atoms with E-state index in [0.29, 0.717) is 19.0 Å². The van der Waals surface area contributed by atoms with Crippen LogP contribution in [-0.4, -0.2) is 64.3 Å². The quantitative estimate of drug-likeness (QED) is 0.695. The lowest BCUT2D eigenvalue weighted by atomic mass is 10.00. The van der Waals surface area contributed by atoms with Crippen molar-refractivity contribution < 1.29 is 19.8 Å². The lowest BCUT2D eigenvalue weighted by Crippen LogP contribution is -2.45. The molecule has 0 radical (unpaired) electrons. The first kappa shape index (κ1) is 13.7. The third kappa shape index (κ3) is 2.82. The number of fused-ring (bicyclic) bond motifs is 1. The molecule has 6 heteroatoms. The second kappa shape index (κ2) is 5.49. The summed E-state index contributed by atoms with van der Waals surface area (Å²) in [6.45, 7) is 0.670. The zero-order valence-corrected chi connectivity index (χ0v) is 10.7. The molecule has 1 aliphatic heterocycles. The van der Waals surface area contributed by atoms with Crippen molar-refractivity contribution in [2.75, 3.05) is 26.2 Å². The molecule has 104 valence electrons. The van der Waals surface area contributed by atoms with Crippen molar-refractivity contribution in [3.05, 3.63) is 0 Å². The molecule has 2 N–H and O–H groups in total. The molecule has 1 saturated carbocycles. The normalized spacial score (nSPS) is 28.8. The van der Waals surface area contributed by atoms with Crippen LogP contribution in [0.5, 0.6) is 0 Å².